The van der Waals surface area contributed by atoms with E-state index in [0.29, 0.717) is 36.3 Å². The van der Waals surface area contributed by atoms with Gasteiger partial charge in [0.25, 0.3) is 5.91 Å². The first-order chi connectivity index (χ1) is 16.5. The van der Waals surface area contributed by atoms with Gasteiger partial charge in [-0.05, 0) is 36.2 Å². The van der Waals surface area contributed by atoms with Crippen molar-refractivity contribution in [2.24, 2.45) is 7.05 Å². The number of fused-ring (bicyclic) bond motifs is 1. The molecule has 2 aromatic heterocycles. The lowest BCUT2D eigenvalue weighted by Crippen LogP contribution is -2.31. The summed E-state index contributed by atoms with van der Waals surface area (Å²) in [6.07, 6.45) is 3.09. The highest BCUT2D eigenvalue weighted by Crippen LogP contribution is 2.34. The quantitative estimate of drug-likeness (QED) is 0.455. The maximum absolute atomic E-state index is 13.1. The van der Waals surface area contributed by atoms with E-state index in [9.17, 15) is 14.7 Å². The van der Waals surface area contributed by atoms with Crippen LogP contribution >= 0.6 is 11.8 Å². The van der Waals surface area contributed by atoms with Crippen LogP contribution in [-0.2, 0) is 20.0 Å². The van der Waals surface area contributed by atoms with Gasteiger partial charge in [-0.25, -0.2) is 0 Å². The van der Waals surface area contributed by atoms with E-state index in [2.05, 4.69) is 21.7 Å². The zero-order chi connectivity index (χ0) is 24.1. The van der Waals surface area contributed by atoms with Crippen LogP contribution in [0.15, 0.2) is 64.7 Å². The molecule has 0 saturated heterocycles. The summed E-state index contributed by atoms with van der Waals surface area (Å²) < 4.78 is 1.83. The van der Waals surface area contributed by atoms with Gasteiger partial charge >= 0.3 is 0 Å². The minimum Gasteiger partial charge on any atom is -0.385 e. The van der Waals surface area contributed by atoms with E-state index in [1.165, 1.54) is 0 Å². The molecule has 0 radical (unpaired) electrons. The van der Waals surface area contributed by atoms with Crippen molar-refractivity contribution in [2.45, 2.75) is 29.3 Å². The number of aryl methyl sites for hydroxylation is 1. The smallest absolute Gasteiger partial charge is 0.257 e. The summed E-state index contributed by atoms with van der Waals surface area (Å²) in [6.45, 7) is 1.25. The summed E-state index contributed by atoms with van der Waals surface area (Å²) in [5.41, 5.74) is 2.54. The van der Waals surface area contributed by atoms with Gasteiger partial charge in [0.2, 0.25) is 0 Å². The molecule has 1 unspecified atom stereocenters. The number of nitriles is 1. The number of carbonyl (C=O) groups is 1. The third kappa shape index (κ3) is 5.37. The van der Waals surface area contributed by atoms with Crippen LogP contribution < -0.4 is 16.1 Å². The Morgan fingerprint density at radius 3 is 2.82 bits per heavy atom. The lowest BCUT2D eigenvalue weighted by atomic mass is 10.1. The molecule has 34 heavy (non-hydrogen) atoms. The first-order valence-electron chi connectivity index (χ1n) is 10.9. The van der Waals surface area contributed by atoms with E-state index in [-0.39, 0.29) is 22.8 Å². The molecule has 0 fully saturated rings. The Morgan fingerprint density at radius 2 is 2.12 bits per heavy atom. The summed E-state index contributed by atoms with van der Waals surface area (Å²) in [5.74, 6) is -0.419. The zero-order valence-electron chi connectivity index (χ0n) is 18.7. The zero-order valence-corrected chi connectivity index (χ0v) is 19.5. The molecule has 4 rings (SSSR count). The summed E-state index contributed by atoms with van der Waals surface area (Å²) in [5, 5.41) is 26.2. The highest BCUT2D eigenvalue weighted by atomic mass is 32.2. The van der Waals surface area contributed by atoms with Crippen LogP contribution in [0.4, 0.5) is 0 Å². The molecule has 3 N–H and O–H groups in total. The number of hydrogen-bond acceptors (Lipinski definition) is 7. The Morgan fingerprint density at radius 1 is 1.32 bits per heavy atom. The van der Waals surface area contributed by atoms with Crippen LogP contribution in [0.3, 0.4) is 0 Å². The number of aliphatic hydroxyl groups excluding tert-OH is 1. The molecular formula is C25H25N5O3S. The monoisotopic (exact) mass is 475 g/mol. The summed E-state index contributed by atoms with van der Waals surface area (Å²) in [6, 6.07) is 14.4. The fraction of sp³-hybridized carbons (Fsp3) is 0.280. The van der Waals surface area contributed by atoms with Gasteiger partial charge in [-0.2, -0.15) is 5.26 Å². The second-order valence-electron chi connectivity index (χ2n) is 8.13. The molecule has 2 atom stereocenters. The Kier molecular flexibility index (Phi) is 7.43. The van der Waals surface area contributed by atoms with Gasteiger partial charge in [-0.3, -0.25) is 14.6 Å². The predicted molar refractivity (Wildman–Crippen MR) is 129 cm³/mol. The molecule has 174 valence electrons. The molecule has 1 amide bonds. The fourth-order valence-electron chi connectivity index (χ4n) is 3.85. The van der Waals surface area contributed by atoms with Crippen LogP contribution in [0.2, 0.25) is 0 Å². The van der Waals surface area contributed by atoms with Crippen molar-refractivity contribution in [1.82, 2.24) is 20.2 Å². The SMILES string of the molecule is Cn1cc(C(=O)NCc2ccc(C#N)cc2)c(=O)c2c1SC(CNC[C@@H](O)c1ccccn1)C2. The van der Waals surface area contributed by atoms with Crippen molar-refractivity contribution in [3.63, 3.8) is 0 Å². The highest BCUT2D eigenvalue weighted by Gasteiger charge is 2.29. The summed E-state index contributed by atoms with van der Waals surface area (Å²) in [7, 11) is 1.84. The maximum atomic E-state index is 13.1. The van der Waals surface area contributed by atoms with Crippen LogP contribution in [0.25, 0.3) is 0 Å². The molecule has 3 aromatic rings. The van der Waals surface area contributed by atoms with Gasteiger partial charge in [0.05, 0.1) is 22.4 Å². The van der Waals surface area contributed by atoms with Crippen molar-refractivity contribution in [3.05, 3.63) is 93.0 Å². The normalized spacial score (nSPS) is 15.4. The fourth-order valence-corrected chi connectivity index (χ4v) is 5.16. The lowest BCUT2D eigenvalue weighted by molar-refractivity contribution is 0.0948. The second-order valence-corrected chi connectivity index (χ2v) is 9.42. The first-order valence-corrected chi connectivity index (χ1v) is 11.8. The van der Waals surface area contributed by atoms with Gasteiger partial charge in [-0.15, -0.1) is 11.8 Å². The molecule has 0 spiro atoms. The van der Waals surface area contributed by atoms with Gasteiger partial charge < -0.3 is 20.3 Å². The van der Waals surface area contributed by atoms with Crippen molar-refractivity contribution < 1.29 is 9.90 Å². The van der Waals surface area contributed by atoms with E-state index >= 15 is 0 Å². The van der Waals surface area contributed by atoms with Crippen molar-refractivity contribution >= 4 is 17.7 Å². The molecule has 3 heterocycles. The van der Waals surface area contributed by atoms with Crippen molar-refractivity contribution in [1.29, 1.82) is 5.26 Å². The standard InChI is InChI=1S/C25H25N5O3S/c1-30-15-20(24(33)29-12-17-7-5-16(11-26)6-8-17)23(32)19-10-18(34-25(19)30)13-27-14-22(31)21-4-2-3-9-28-21/h2-9,15,18,22,27,31H,10,12-14H2,1H3,(H,29,33)/t18?,22-/m1/s1. The number of amides is 1. The van der Waals surface area contributed by atoms with E-state index in [4.69, 9.17) is 5.26 Å². The Balaban J connectivity index is 1.36. The van der Waals surface area contributed by atoms with Crippen LogP contribution in [0.5, 0.6) is 0 Å². The molecule has 0 bridgehead atoms. The average molecular weight is 476 g/mol. The second kappa shape index (κ2) is 10.7. The predicted octanol–water partition coefficient (Wildman–Crippen LogP) is 1.92. The molecule has 1 aliphatic heterocycles. The van der Waals surface area contributed by atoms with E-state index in [1.54, 1.807) is 60.6 Å². The molecule has 1 aliphatic rings. The Hall–Kier alpha value is -3.45. The molecule has 0 aliphatic carbocycles. The van der Waals surface area contributed by atoms with E-state index in [1.807, 2.05) is 17.7 Å². The van der Waals surface area contributed by atoms with E-state index in [0.717, 1.165) is 10.6 Å². The Bertz CT molecular complexity index is 1270. The largest absolute Gasteiger partial charge is 0.385 e. The molecule has 0 saturated carbocycles. The number of carbonyl (C=O) groups excluding carboxylic acids is 1. The number of pyridine rings is 2. The number of thioether (sulfide) groups is 1. The minimum absolute atomic E-state index is 0.120. The molecule has 8 nitrogen and oxygen atoms in total. The van der Waals surface area contributed by atoms with Crippen molar-refractivity contribution in [2.75, 3.05) is 13.1 Å². The highest BCUT2D eigenvalue weighted by molar-refractivity contribution is 8.00. The number of nitrogens with one attached hydrogen (secondary N) is 2. The van der Waals surface area contributed by atoms with Gasteiger partial charge in [0.1, 0.15) is 11.7 Å². The number of hydrogen-bond donors (Lipinski definition) is 3. The van der Waals surface area contributed by atoms with Crippen molar-refractivity contribution in [3.8, 4) is 6.07 Å². The number of rotatable bonds is 8. The molecular weight excluding hydrogens is 450 g/mol. The third-order valence-electron chi connectivity index (χ3n) is 5.65. The molecule has 1 aromatic carbocycles. The lowest BCUT2D eigenvalue weighted by Gasteiger charge is -2.14. The number of aromatic nitrogens is 2. The summed E-state index contributed by atoms with van der Waals surface area (Å²) in [4.78, 5) is 30.0. The topological polar surface area (TPSA) is 120 Å². The number of benzene rings is 1. The first kappa shape index (κ1) is 23.7. The van der Waals surface area contributed by atoms with Gasteiger partial charge in [0, 0.05) is 49.9 Å². The van der Waals surface area contributed by atoms with Crippen LogP contribution in [0.1, 0.15) is 38.8 Å². The van der Waals surface area contributed by atoms with Gasteiger partial charge in [-0.1, -0.05) is 18.2 Å². The number of aliphatic hydroxyl groups is 1. The van der Waals surface area contributed by atoms with Crippen LogP contribution in [0, 0.1) is 11.3 Å². The summed E-state index contributed by atoms with van der Waals surface area (Å²) >= 11 is 1.60. The van der Waals surface area contributed by atoms with E-state index < -0.39 is 12.0 Å². The minimum atomic E-state index is -0.701. The maximum Gasteiger partial charge on any atom is 0.257 e. The van der Waals surface area contributed by atoms with Gasteiger partial charge in [0.15, 0.2) is 5.43 Å². The average Bonchev–Trinajstić information content (AvgIpc) is 3.30. The Labute approximate surface area is 201 Å². The number of nitrogens with zero attached hydrogens (tertiary/aromatic N) is 3. The van der Waals surface area contributed by atoms with Crippen LogP contribution in [-0.4, -0.2) is 38.9 Å². The molecule has 9 heteroatoms. The third-order valence-corrected chi connectivity index (χ3v) is 7.07.